The van der Waals surface area contributed by atoms with E-state index in [1.54, 1.807) is 22.4 Å². The van der Waals surface area contributed by atoms with Crippen molar-refractivity contribution < 1.29 is 14.3 Å². The molecule has 0 saturated carbocycles. The number of hydrogen-bond acceptors (Lipinski definition) is 5. The van der Waals surface area contributed by atoms with Crippen molar-refractivity contribution in [3.05, 3.63) is 78.5 Å². The first kappa shape index (κ1) is 21.8. The van der Waals surface area contributed by atoms with Crippen molar-refractivity contribution in [3.8, 4) is 22.5 Å². The number of hydrogen-bond donors (Lipinski definition) is 0. The average molecular weight is 455 g/mol. The van der Waals surface area contributed by atoms with Crippen molar-refractivity contribution in [3.63, 3.8) is 0 Å². The van der Waals surface area contributed by atoms with Crippen molar-refractivity contribution in [2.24, 2.45) is 5.92 Å². The summed E-state index contributed by atoms with van der Waals surface area (Å²) in [6.07, 6.45) is 1.49. The Morgan fingerprint density at radius 3 is 2.41 bits per heavy atom. The smallest absolute Gasteiger partial charge is 0.310 e. The minimum atomic E-state index is -0.294. The first-order valence-corrected chi connectivity index (χ1v) is 11.6. The molecule has 172 valence electrons. The first-order valence-electron chi connectivity index (χ1n) is 11.6. The summed E-state index contributed by atoms with van der Waals surface area (Å²) in [4.78, 5) is 32.1. The van der Waals surface area contributed by atoms with E-state index in [-0.39, 0.29) is 17.8 Å². The summed E-state index contributed by atoms with van der Waals surface area (Å²) in [5.41, 5.74) is 4.55. The van der Waals surface area contributed by atoms with Crippen molar-refractivity contribution in [1.29, 1.82) is 0 Å². The third kappa shape index (κ3) is 4.29. The van der Waals surface area contributed by atoms with Gasteiger partial charge in [-0.15, -0.1) is 0 Å². The van der Waals surface area contributed by atoms with Gasteiger partial charge in [0.2, 0.25) is 0 Å². The molecule has 3 heterocycles. The molecule has 7 heteroatoms. The Morgan fingerprint density at radius 2 is 1.71 bits per heavy atom. The Bertz CT molecular complexity index is 1320. The molecule has 5 rings (SSSR count). The van der Waals surface area contributed by atoms with Crippen LogP contribution < -0.4 is 0 Å². The van der Waals surface area contributed by atoms with Gasteiger partial charge in [-0.2, -0.15) is 5.10 Å². The number of nitrogens with zero attached hydrogens (tertiary/aromatic N) is 4. The van der Waals surface area contributed by atoms with E-state index >= 15 is 0 Å². The van der Waals surface area contributed by atoms with E-state index in [4.69, 9.17) is 9.72 Å². The molecule has 2 aromatic carbocycles. The van der Waals surface area contributed by atoms with Crippen LogP contribution in [-0.4, -0.2) is 51.1 Å². The van der Waals surface area contributed by atoms with Crippen LogP contribution in [0.5, 0.6) is 0 Å². The minimum Gasteiger partial charge on any atom is -0.466 e. The molecule has 7 nitrogen and oxygen atoms in total. The molecule has 2 aromatic heterocycles. The lowest BCUT2D eigenvalue weighted by Gasteiger charge is -2.31. The van der Waals surface area contributed by atoms with Gasteiger partial charge >= 0.3 is 5.97 Å². The second-order valence-electron chi connectivity index (χ2n) is 8.40. The maximum Gasteiger partial charge on any atom is 0.310 e. The highest BCUT2D eigenvalue weighted by molar-refractivity contribution is 5.94. The number of carbonyl (C=O) groups excluding carboxylic acids is 2. The zero-order valence-corrected chi connectivity index (χ0v) is 19.1. The Kier molecular flexibility index (Phi) is 6.08. The van der Waals surface area contributed by atoms with Crippen LogP contribution in [0.15, 0.2) is 72.8 Å². The fourth-order valence-corrected chi connectivity index (χ4v) is 4.43. The molecule has 0 aliphatic carbocycles. The van der Waals surface area contributed by atoms with Gasteiger partial charge in [0.1, 0.15) is 0 Å². The summed E-state index contributed by atoms with van der Waals surface area (Å²) in [5, 5.41) is 4.65. The number of aromatic nitrogens is 3. The van der Waals surface area contributed by atoms with Gasteiger partial charge in [0.15, 0.2) is 11.3 Å². The Morgan fingerprint density at radius 1 is 1.00 bits per heavy atom. The highest BCUT2D eigenvalue weighted by Crippen LogP contribution is 2.27. The maximum atomic E-state index is 13.4. The van der Waals surface area contributed by atoms with Gasteiger partial charge < -0.3 is 9.64 Å². The molecule has 1 amide bonds. The second kappa shape index (κ2) is 9.47. The van der Waals surface area contributed by atoms with Crippen LogP contribution in [0.4, 0.5) is 0 Å². The first-order chi connectivity index (χ1) is 16.6. The molecule has 1 fully saturated rings. The van der Waals surface area contributed by atoms with Gasteiger partial charge in [-0.1, -0.05) is 60.7 Å². The fraction of sp³-hybridized carbons (Fsp3) is 0.259. The van der Waals surface area contributed by atoms with Crippen LogP contribution in [0.2, 0.25) is 0 Å². The SMILES string of the molecule is CCOC(=O)[C@@H]1CCCN(C(=O)c2cc3nc(-c4ccccc4)cc(-c4ccccc4)n3n2)C1. The number of benzene rings is 2. The highest BCUT2D eigenvalue weighted by atomic mass is 16.5. The number of piperidine rings is 1. The zero-order valence-electron chi connectivity index (χ0n) is 19.1. The number of likely N-dealkylation sites (tertiary alicyclic amines) is 1. The number of fused-ring (bicyclic) bond motifs is 1. The fourth-order valence-electron chi connectivity index (χ4n) is 4.43. The Hall–Kier alpha value is -4.00. The van der Waals surface area contributed by atoms with E-state index < -0.39 is 0 Å². The monoisotopic (exact) mass is 454 g/mol. The third-order valence-corrected chi connectivity index (χ3v) is 6.11. The Balaban J connectivity index is 1.53. The van der Waals surface area contributed by atoms with Gasteiger partial charge in [0, 0.05) is 30.3 Å². The summed E-state index contributed by atoms with van der Waals surface area (Å²) in [6, 6.07) is 23.6. The molecule has 0 spiro atoms. The third-order valence-electron chi connectivity index (χ3n) is 6.11. The van der Waals surface area contributed by atoms with E-state index in [0.717, 1.165) is 35.4 Å². The molecule has 0 bridgehead atoms. The predicted molar refractivity (Wildman–Crippen MR) is 129 cm³/mol. The van der Waals surface area contributed by atoms with E-state index in [1.165, 1.54) is 0 Å². The van der Waals surface area contributed by atoms with Crippen LogP contribution in [0.25, 0.3) is 28.2 Å². The van der Waals surface area contributed by atoms with Crippen LogP contribution in [-0.2, 0) is 9.53 Å². The van der Waals surface area contributed by atoms with Crippen molar-refractivity contribution in [2.75, 3.05) is 19.7 Å². The molecule has 0 N–H and O–H groups in total. The summed E-state index contributed by atoms with van der Waals surface area (Å²) >= 11 is 0. The highest BCUT2D eigenvalue weighted by Gasteiger charge is 2.31. The van der Waals surface area contributed by atoms with Crippen molar-refractivity contribution in [1.82, 2.24) is 19.5 Å². The summed E-state index contributed by atoms with van der Waals surface area (Å²) in [6.45, 7) is 3.07. The topological polar surface area (TPSA) is 76.8 Å². The summed E-state index contributed by atoms with van der Waals surface area (Å²) in [5.74, 6) is -0.729. The van der Waals surface area contributed by atoms with E-state index in [0.29, 0.717) is 31.0 Å². The summed E-state index contributed by atoms with van der Waals surface area (Å²) < 4.78 is 6.90. The molecule has 1 saturated heterocycles. The average Bonchev–Trinajstić information content (AvgIpc) is 3.33. The second-order valence-corrected chi connectivity index (χ2v) is 8.40. The predicted octanol–water partition coefficient (Wildman–Crippen LogP) is 4.48. The summed E-state index contributed by atoms with van der Waals surface area (Å²) in [7, 11) is 0. The lowest BCUT2D eigenvalue weighted by atomic mass is 9.98. The zero-order chi connectivity index (χ0) is 23.5. The van der Waals surface area contributed by atoms with Crippen LogP contribution in [0.3, 0.4) is 0 Å². The van der Waals surface area contributed by atoms with E-state index in [1.807, 2.05) is 66.7 Å². The van der Waals surface area contributed by atoms with Crippen molar-refractivity contribution in [2.45, 2.75) is 19.8 Å². The maximum absolute atomic E-state index is 13.4. The van der Waals surface area contributed by atoms with Gasteiger partial charge in [-0.05, 0) is 25.8 Å². The van der Waals surface area contributed by atoms with Gasteiger partial charge in [-0.25, -0.2) is 9.50 Å². The Labute approximate surface area is 198 Å². The molecule has 1 atom stereocenters. The largest absolute Gasteiger partial charge is 0.466 e. The van der Waals surface area contributed by atoms with Gasteiger partial charge in [-0.3, -0.25) is 9.59 Å². The minimum absolute atomic E-state index is 0.195. The molecule has 4 aromatic rings. The lowest BCUT2D eigenvalue weighted by Crippen LogP contribution is -2.43. The molecule has 0 radical (unpaired) electrons. The quantitative estimate of drug-likeness (QED) is 0.416. The van der Waals surface area contributed by atoms with Crippen LogP contribution in [0, 0.1) is 5.92 Å². The molecule has 1 aliphatic rings. The number of rotatable bonds is 5. The number of amides is 1. The lowest BCUT2D eigenvalue weighted by molar-refractivity contribution is -0.149. The molecule has 34 heavy (non-hydrogen) atoms. The molecule has 0 unspecified atom stereocenters. The van der Waals surface area contributed by atoms with Crippen molar-refractivity contribution >= 4 is 17.5 Å². The number of carbonyl (C=O) groups is 2. The van der Waals surface area contributed by atoms with Crippen LogP contribution >= 0.6 is 0 Å². The standard InChI is InChI=1S/C27H26N4O3/c1-2-34-27(33)21-14-9-15-30(18-21)26(32)23-17-25-28-22(19-10-5-3-6-11-19)16-24(31(25)29-23)20-12-7-4-8-13-20/h3-8,10-13,16-17,21H,2,9,14-15,18H2,1H3/t21-/m1/s1. The van der Waals surface area contributed by atoms with E-state index in [2.05, 4.69) is 5.10 Å². The van der Waals surface area contributed by atoms with Crippen LogP contribution in [0.1, 0.15) is 30.3 Å². The van der Waals surface area contributed by atoms with Gasteiger partial charge in [0.25, 0.3) is 5.91 Å². The molecular formula is C27H26N4O3. The molecular weight excluding hydrogens is 428 g/mol. The molecule has 1 aliphatic heterocycles. The number of ether oxygens (including phenoxy) is 1. The normalized spacial score (nSPS) is 15.9. The van der Waals surface area contributed by atoms with Gasteiger partial charge in [0.05, 0.1) is 23.9 Å². The van der Waals surface area contributed by atoms with E-state index in [9.17, 15) is 9.59 Å². The number of esters is 1.